The van der Waals surface area contributed by atoms with Gasteiger partial charge in [-0.2, -0.15) is 0 Å². The molecule has 20 heavy (non-hydrogen) atoms. The number of benzene rings is 1. The largest absolute Gasteiger partial charge is 0.310 e. The van der Waals surface area contributed by atoms with Gasteiger partial charge in [-0.1, -0.05) is 25.1 Å². The van der Waals surface area contributed by atoms with Gasteiger partial charge < -0.3 is 5.32 Å². The predicted octanol–water partition coefficient (Wildman–Crippen LogP) is 4.00. The smallest absolute Gasteiger partial charge is 0.192 e. The van der Waals surface area contributed by atoms with Crippen LogP contribution in [0.5, 0.6) is 0 Å². The normalized spacial score (nSPS) is 12.3. The molecule has 1 aromatic heterocycles. The van der Waals surface area contributed by atoms with Crippen LogP contribution in [0.3, 0.4) is 0 Å². The van der Waals surface area contributed by atoms with Crippen molar-refractivity contribution >= 4 is 11.8 Å². The molecule has 0 aliphatic carbocycles. The predicted molar refractivity (Wildman–Crippen MR) is 84.0 cm³/mol. The van der Waals surface area contributed by atoms with Crippen LogP contribution >= 0.6 is 11.8 Å². The summed E-state index contributed by atoms with van der Waals surface area (Å²) in [5, 5.41) is 4.33. The van der Waals surface area contributed by atoms with Crippen molar-refractivity contribution in [2.24, 2.45) is 0 Å². The lowest BCUT2D eigenvalue weighted by Crippen LogP contribution is -2.19. The molecule has 1 atom stereocenters. The van der Waals surface area contributed by atoms with Crippen LogP contribution in [-0.2, 0) is 0 Å². The molecule has 0 aliphatic rings. The van der Waals surface area contributed by atoms with Gasteiger partial charge in [0, 0.05) is 23.3 Å². The lowest BCUT2D eigenvalue weighted by Gasteiger charge is -2.17. The zero-order chi connectivity index (χ0) is 14.4. The van der Waals surface area contributed by atoms with Crippen molar-refractivity contribution in [2.75, 3.05) is 6.54 Å². The Labute approximate surface area is 125 Å². The summed E-state index contributed by atoms with van der Waals surface area (Å²) in [5.41, 5.74) is 2.38. The third-order valence-electron chi connectivity index (χ3n) is 3.04. The molecule has 0 saturated carbocycles. The maximum atomic E-state index is 4.37. The quantitative estimate of drug-likeness (QED) is 0.815. The molecule has 0 aliphatic heterocycles. The molecule has 4 heteroatoms. The molecule has 0 amide bonds. The van der Waals surface area contributed by atoms with Crippen LogP contribution in [0.15, 0.2) is 46.7 Å². The molecule has 0 fully saturated rings. The van der Waals surface area contributed by atoms with Crippen molar-refractivity contribution in [1.29, 1.82) is 0 Å². The fourth-order valence-electron chi connectivity index (χ4n) is 1.93. The Balaban J connectivity index is 2.17. The van der Waals surface area contributed by atoms with Gasteiger partial charge in [-0.05, 0) is 55.8 Å². The zero-order valence-corrected chi connectivity index (χ0v) is 13.1. The van der Waals surface area contributed by atoms with E-state index in [1.165, 1.54) is 10.5 Å². The van der Waals surface area contributed by atoms with Crippen LogP contribution in [0.2, 0.25) is 0 Å². The summed E-state index contributed by atoms with van der Waals surface area (Å²) >= 11 is 1.62. The van der Waals surface area contributed by atoms with Gasteiger partial charge in [0.1, 0.15) is 0 Å². The van der Waals surface area contributed by atoms with Gasteiger partial charge >= 0.3 is 0 Å². The van der Waals surface area contributed by atoms with Crippen LogP contribution < -0.4 is 5.32 Å². The Kier molecular flexibility index (Phi) is 5.56. The SMILES string of the molecule is CCCNC(C)c1ccccc1Sc1ncc(C)cn1. The summed E-state index contributed by atoms with van der Waals surface area (Å²) in [4.78, 5) is 9.95. The topological polar surface area (TPSA) is 37.8 Å². The number of aryl methyl sites for hydroxylation is 1. The van der Waals surface area contributed by atoms with Crippen molar-refractivity contribution in [1.82, 2.24) is 15.3 Å². The van der Waals surface area contributed by atoms with Gasteiger partial charge in [-0.3, -0.25) is 0 Å². The highest BCUT2D eigenvalue weighted by atomic mass is 32.2. The molecular formula is C16H21N3S. The Morgan fingerprint density at radius 2 is 1.90 bits per heavy atom. The maximum absolute atomic E-state index is 4.37. The number of hydrogen-bond donors (Lipinski definition) is 1. The lowest BCUT2D eigenvalue weighted by molar-refractivity contribution is 0.564. The van der Waals surface area contributed by atoms with Crippen molar-refractivity contribution in [2.45, 2.75) is 43.3 Å². The minimum atomic E-state index is 0.337. The van der Waals surface area contributed by atoms with Crippen molar-refractivity contribution in [3.05, 3.63) is 47.8 Å². The lowest BCUT2D eigenvalue weighted by atomic mass is 10.1. The fourth-order valence-corrected chi connectivity index (χ4v) is 2.85. The highest BCUT2D eigenvalue weighted by Gasteiger charge is 2.11. The Bertz CT molecular complexity index is 540. The van der Waals surface area contributed by atoms with E-state index in [-0.39, 0.29) is 0 Å². The molecule has 3 nitrogen and oxygen atoms in total. The first-order chi connectivity index (χ1) is 9.70. The summed E-state index contributed by atoms with van der Waals surface area (Å²) in [5.74, 6) is 0. The number of aromatic nitrogens is 2. The number of hydrogen-bond acceptors (Lipinski definition) is 4. The van der Waals surface area contributed by atoms with Crippen LogP contribution in [0, 0.1) is 6.92 Å². The molecule has 0 radical (unpaired) electrons. The Hall–Kier alpha value is -1.39. The van der Waals surface area contributed by atoms with E-state index in [9.17, 15) is 0 Å². The van der Waals surface area contributed by atoms with Gasteiger partial charge in [0.15, 0.2) is 5.16 Å². The summed E-state index contributed by atoms with van der Waals surface area (Å²) in [6.45, 7) is 7.41. The molecule has 106 valence electrons. The van der Waals surface area contributed by atoms with E-state index in [4.69, 9.17) is 0 Å². The third kappa shape index (κ3) is 4.05. The summed E-state index contributed by atoms with van der Waals surface area (Å²) in [7, 11) is 0. The van der Waals surface area contributed by atoms with Gasteiger partial charge in [0.25, 0.3) is 0 Å². The molecule has 1 N–H and O–H groups in total. The molecule has 2 aromatic rings. The first kappa shape index (κ1) is 15.0. The summed E-state index contributed by atoms with van der Waals surface area (Å²) < 4.78 is 0. The molecule has 1 heterocycles. The molecule has 0 saturated heterocycles. The molecule has 0 bridgehead atoms. The van der Waals surface area contributed by atoms with E-state index in [0.29, 0.717) is 6.04 Å². The highest BCUT2D eigenvalue weighted by Crippen LogP contribution is 2.31. The number of nitrogens with one attached hydrogen (secondary N) is 1. The minimum absolute atomic E-state index is 0.337. The van der Waals surface area contributed by atoms with E-state index in [1.807, 2.05) is 19.3 Å². The molecule has 0 spiro atoms. The van der Waals surface area contributed by atoms with Crippen LogP contribution in [0.1, 0.15) is 37.4 Å². The van der Waals surface area contributed by atoms with Gasteiger partial charge in [0.05, 0.1) is 0 Å². The molecular weight excluding hydrogens is 266 g/mol. The van der Waals surface area contributed by atoms with E-state index < -0.39 is 0 Å². The minimum Gasteiger partial charge on any atom is -0.310 e. The van der Waals surface area contributed by atoms with Crippen LogP contribution in [0.25, 0.3) is 0 Å². The Morgan fingerprint density at radius 3 is 2.60 bits per heavy atom. The Morgan fingerprint density at radius 1 is 1.20 bits per heavy atom. The second-order valence-electron chi connectivity index (χ2n) is 4.86. The zero-order valence-electron chi connectivity index (χ0n) is 12.3. The number of nitrogens with zero attached hydrogens (tertiary/aromatic N) is 2. The van der Waals surface area contributed by atoms with Gasteiger partial charge in [-0.25, -0.2) is 9.97 Å². The van der Waals surface area contributed by atoms with Crippen molar-refractivity contribution in [3.63, 3.8) is 0 Å². The third-order valence-corrected chi connectivity index (χ3v) is 4.03. The standard InChI is InChI=1S/C16H21N3S/c1-4-9-17-13(3)14-7-5-6-8-15(14)20-16-18-10-12(2)11-19-16/h5-8,10-11,13,17H,4,9H2,1-3H3. The van der Waals surface area contributed by atoms with Crippen molar-refractivity contribution in [3.8, 4) is 0 Å². The van der Waals surface area contributed by atoms with E-state index in [2.05, 4.69) is 53.4 Å². The molecule has 1 unspecified atom stereocenters. The monoisotopic (exact) mass is 287 g/mol. The average Bonchev–Trinajstić information content (AvgIpc) is 2.48. The van der Waals surface area contributed by atoms with Crippen molar-refractivity contribution < 1.29 is 0 Å². The van der Waals surface area contributed by atoms with Gasteiger partial charge in [-0.15, -0.1) is 0 Å². The first-order valence-corrected chi connectivity index (χ1v) is 7.81. The maximum Gasteiger partial charge on any atom is 0.192 e. The van der Waals surface area contributed by atoms with E-state index in [1.54, 1.807) is 11.8 Å². The van der Waals surface area contributed by atoms with E-state index in [0.717, 1.165) is 23.7 Å². The highest BCUT2D eigenvalue weighted by molar-refractivity contribution is 7.99. The van der Waals surface area contributed by atoms with E-state index >= 15 is 0 Å². The summed E-state index contributed by atoms with van der Waals surface area (Å²) in [6, 6.07) is 8.78. The van der Waals surface area contributed by atoms with Gasteiger partial charge in [0.2, 0.25) is 0 Å². The average molecular weight is 287 g/mol. The summed E-state index contributed by atoms with van der Waals surface area (Å²) in [6.07, 6.45) is 4.86. The number of rotatable bonds is 6. The molecule has 2 rings (SSSR count). The second kappa shape index (κ2) is 7.41. The van der Waals surface area contributed by atoms with Crippen LogP contribution in [-0.4, -0.2) is 16.5 Å². The second-order valence-corrected chi connectivity index (χ2v) is 5.87. The first-order valence-electron chi connectivity index (χ1n) is 6.99. The molecule has 1 aromatic carbocycles. The fraction of sp³-hybridized carbons (Fsp3) is 0.375. The van der Waals surface area contributed by atoms with Crippen LogP contribution in [0.4, 0.5) is 0 Å².